The van der Waals surface area contributed by atoms with E-state index < -0.39 is 5.82 Å². The number of hydrogen-bond acceptors (Lipinski definition) is 5. The van der Waals surface area contributed by atoms with Crippen molar-refractivity contribution in [3.63, 3.8) is 0 Å². The summed E-state index contributed by atoms with van der Waals surface area (Å²) in [4.78, 5) is 0.879. The van der Waals surface area contributed by atoms with Crippen LogP contribution in [0, 0.1) is 5.82 Å². The first-order chi connectivity index (χ1) is 9.63. The lowest BCUT2D eigenvalue weighted by Crippen LogP contribution is -2.18. The van der Waals surface area contributed by atoms with Crippen molar-refractivity contribution in [1.29, 1.82) is 0 Å². The van der Waals surface area contributed by atoms with E-state index in [1.165, 1.54) is 23.7 Å². The van der Waals surface area contributed by atoms with Crippen molar-refractivity contribution in [3.8, 4) is 11.3 Å². The summed E-state index contributed by atoms with van der Waals surface area (Å²) in [5, 5.41) is 7.54. The van der Waals surface area contributed by atoms with Crippen LogP contribution >= 0.6 is 34.7 Å². The van der Waals surface area contributed by atoms with E-state index in [1.807, 2.05) is 0 Å². The maximum atomic E-state index is 13.6. The fraction of sp³-hybridized carbons (Fsp3) is 0.333. The van der Waals surface area contributed by atoms with Gasteiger partial charge < -0.3 is 10.1 Å². The Balaban J connectivity index is 2.21. The molecule has 20 heavy (non-hydrogen) atoms. The molecule has 1 aromatic heterocycles. The molecule has 0 saturated carbocycles. The fourth-order valence-corrected chi connectivity index (χ4v) is 2.71. The number of halogens is 3. The standard InChI is InChI=1S/C12H12Cl2FN3OS/c1-19-3-2-16-6-11-12(17-18-20-11)7-4-10(15)9(14)5-8(7)13/h4-5,16H,2-3,6H2,1H3. The van der Waals surface area contributed by atoms with Gasteiger partial charge in [0.25, 0.3) is 0 Å². The molecule has 0 atom stereocenters. The quantitative estimate of drug-likeness (QED) is 0.649. The van der Waals surface area contributed by atoms with Gasteiger partial charge in [0.2, 0.25) is 0 Å². The minimum absolute atomic E-state index is 0.0123. The molecule has 0 radical (unpaired) electrons. The summed E-state index contributed by atoms with van der Waals surface area (Å²) in [6, 6.07) is 2.65. The third-order valence-electron chi connectivity index (χ3n) is 2.59. The highest BCUT2D eigenvalue weighted by Crippen LogP contribution is 2.33. The molecule has 2 rings (SSSR count). The molecule has 0 unspecified atom stereocenters. The molecule has 1 N–H and O–H groups in total. The zero-order chi connectivity index (χ0) is 14.5. The van der Waals surface area contributed by atoms with Gasteiger partial charge in [-0.1, -0.05) is 27.7 Å². The Labute approximate surface area is 130 Å². The van der Waals surface area contributed by atoms with E-state index in [2.05, 4.69) is 14.9 Å². The molecule has 0 aliphatic carbocycles. The average Bonchev–Trinajstić information content (AvgIpc) is 2.87. The Bertz CT molecular complexity index is 594. The van der Waals surface area contributed by atoms with Gasteiger partial charge in [0.1, 0.15) is 11.5 Å². The van der Waals surface area contributed by atoms with Gasteiger partial charge in [0, 0.05) is 25.8 Å². The fourth-order valence-electron chi connectivity index (χ4n) is 1.61. The van der Waals surface area contributed by atoms with E-state index in [1.54, 1.807) is 7.11 Å². The number of rotatable bonds is 6. The summed E-state index contributed by atoms with van der Waals surface area (Å²) in [5.74, 6) is -0.530. The van der Waals surface area contributed by atoms with Crippen LogP contribution in [0.4, 0.5) is 4.39 Å². The van der Waals surface area contributed by atoms with Crippen LogP contribution in [0.5, 0.6) is 0 Å². The Kier molecular flexibility index (Phi) is 5.68. The third-order valence-corrected chi connectivity index (χ3v) is 3.91. The predicted octanol–water partition coefficient (Wildman–Crippen LogP) is 3.39. The first-order valence-corrected chi connectivity index (χ1v) is 7.32. The summed E-state index contributed by atoms with van der Waals surface area (Å²) >= 11 is 13.0. The lowest BCUT2D eigenvalue weighted by molar-refractivity contribution is 0.199. The summed E-state index contributed by atoms with van der Waals surface area (Å²) in [5.41, 5.74) is 1.06. The van der Waals surface area contributed by atoms with Gasteiger partial charge >= 0.3 is 0 Å². The minimum Gasteiger partial charge on any atom is -0.383 e. The van der Waals surface area contributed by atoms with Crippen LogP contribution in [0.15, 0.2) is 12.1 Å². The van der Waals surface area contributed by atoms with Crippen molar-refractivity contribution in [1.82, 2.24) is 14.9 Å². The van der Waals surface area contributed by atoms with Gasteiger partial charge in [0.15, 0.2) is 0 Å². The van der Waals surface area contributed by atoms with Crippen molar-refractivity contribution in [2.24, 2.45) is 0 Å². The number of aromatic nitrogens is 2. The van der Waals surface area contributed by atoms with Crippen molar-refractivity contribution in [2.75, 3.05) is 20.3 Å². The molecule has 0 spiro atoms. The molecule has 0 aliphatic heterocycles. The lowest BCUT2D eigenvalue weighted by atomic mass is 10.1. The Morgan fingerprint density at radius 1 is 1.35 bits per heavy atom. The van der Waals surface area contributed by atoms with E-state index in [4.69, 9.17) is 27.9 Å². The van der Waals surface area contributed by atoms with E-state index >= 15 is 0 Å². The molecule has 0 bridgehead atoms. The number of hydrogen-bond donors (Lipinski definition) is 1. The molecule has 4 nitrogen and oxygen atoms in total. The van der Waals surface area contributed by atoms with E-state index in [0.717, 1.165) is 4.88 Å². The van der Waals surface area contributed by atoms with Crippen LogP contribution in [0.2, 0.25) is 10.0 Å². The molecule has 0 fully saturated rings. The average molecular weight is 336 g/mol. The number of benzene rings is 1. The highest BCUT2D eigenvalue weighted by Gasteiger charge is 2.16. The molecule has 0 amide bonds. The third kappa shape index (κ3) is 3.65. The summed E-state index contributed by atoms with van der Waals surface area (Å²) in [6.45, 7) is 1.88. The monoisotopic (exact) mass is 335 g/mol. The topological polar surface area (TPSA) is 47.0 Å². The molecule has 2 aromatic rings. The largest absolute Gasteiger partial charge is 0.383 e. The molecule has 0 saturated heterocycles. The Morgan fingerprint density at radius 3 is 2.90 bits per heavy atom. The van der Waals surface area contributed by atoms with Crippen molar-refractivity contribution in [3.05, 3.63) is 32.9 Å². The molecule has 0 aliphatic rings. The van der Waals surface area contributed by atoms with Crippen molar-refractivity contribution < 1.29 is 9.13 Å². The van der Waals surface area contributed by atoms with Gasteiger partial charge in [-0.25, -0.2) is 4.39 Å². The smallest absolute Gasteiger partial charge is 0.142 e. The normalized spacial score (nSPS) is 11.0. The van der Waals surface area contributed by atoms with Crippen LogP contribution in [-0.2, 0) is 11.3 Å². The van der Waals surface area contributed by atoms with Crippen LogP contribution in [0.25, 0.3) is 11.3 Å². The number of methoxy groups -OCH3 is 1. The Hall–Kier alpha value is -0.790. The maximum Gasteiger partial charge on any atom is 0.142 e. The maximum absolute atomic E-state index is 13.6. The van der Waals surface area contributed by atoms with Crippen LogP contribution in [0.3, 0.4) is 0 Å². The Morgan fingerprint density at radius 2 is 2.15 bits per heavy atom. The highest BCUT2D eigenvalue weighted by atomic mass is 35.5. The minimum atomic E-state index is -0.530. The second-order valence-corrected chi connectivity index (χ2v) is 5.61. The van der Waals surface area contributed by atoms with Gasteiger partial charge in [-0.15, -0.1) is 5.10 Å². The second-order valence-electron chi connectivity index (χ2n) is 3.96. The molecule has 8 heteroatoms. The van der Waals surface area contributed by atoms with Gasteiger partial charge in [-0.2, -0.15) is 0 Å². The van der Waals surface area contributed by atoms with Crippen molar-refractivity contribution in [2.45, 2.75) is 6.54 Å². The highest BCUT2D eigenvalue weighted by molar-refractivity contribution is 7.06. The van der Waals surface area contributed by atoms with Crippen LogP contribution < -0.4 is 5.32 Å². The molecular weight excluding hydrogens is 324 g/mol. The molecule has 1 aromatic carbocycles. The first kappa shape index (κ1) is 15.6. The number of ether oxygens (including phenoxy) is 1. The van der Waals surface area contributed by atoms with Gasteiger partial charge in [0.05, 0.1) is 21.5 Å². The zero-order valence-corrected chi connectivity index (χ0v) is 12.9. The van der Waals surface area contributed by atoms with Crippen LogP contribution in [0.1, 0.15) is 4.88 Å². The number of nitrogens with zero attached hydrogens (tertiary/aromatic N) is 2. The van der Waals surface area contributed by atoms with E-state index in [-0.39, 0.29) is 5.02 Å². The zero-order valence-electron chi connectivity index (χ0n) is 10.6. The van der Waals surface area contributed by atoms with Crippen LogP contribution in [-0.4, -0.2) is 29.8 Å². The van der Waals surface area contributed by atoms with Gasteiger partial charge in [-0.3, -0.25) is 0 Å². The molecule has 108 valence electrons. The summed E-state index contributed by atoms with van der Waals surface area (Å²) in [6.07, 6.45) is 0. The van der Waals surface area contributed by atoms with Crippen molar-refractivity contribution >= 4 is 34.7 Å². The summed E-state index contributed by atoms with van der Waals surface area (Å²) in [7, 11) is 1.64. The summed E-state index contributed by atoms with van der Waals surface area (Å²) < 4.78 is 22.4. The SMILES string of the molecule is COCCNCc1snnc1-c1cc(F)c(Cl)cc1Cl. The van der Waals surface area contributed by atoms with E-state index in [9.17, 15) is 4.39 Å². The number of nitrogens with one attached hydrogen (secondary N) is 1. The first-order valence-electron chi connectivity index (χ1n) is 5.79. The lowest BCUT2D eigenvalue weighted by Gasteiger charge is -2.06. The molecular formula is C12H12Cl2FN3OS. The van der Waals surface area contributed by atoms with Gasteiger partial charge in [-0.05, 0) is 23.7 Å². The molecule has 1 heterocycles. The van der Waals surface area contributed by atoms with E-state index in [0.29, 0.717) is 36.0 Å². The second kappa shape index (κ2) is 7.28. The predicted molar refractivity (Wildman–Crippen MR) is 78.9 cm³/mol.